The Hall–Kier alpha value is -1.42. The SMILES string of the molecule is COc1cc(Cl)cc(CC(C)C(=O)O)c1O. The number of methoxy groups -OCH3 is 1. The minimum atomic E-state index is -0.918. The van der Waals surface area contributed by atoms with Crippen LogP contribution in [0.25, 0.3) is 0 Å². The Bertz CT molecular complexity index is 403. The second-order valence-electron chi connectivity index (χ2n) is 3.56. The molecule has 0 aliphatic rings. The summed E-state index contributed by atoms with van der Waals surface area (Å²) in [6.45, 7) is 1.56. The number of aromatic hydroxyl groups is 1. The molecule has 1 unspecified atom stereocenters. The van der Waals surface area contributed by atoms with Crippen LogP contribution in [-0.4, -0.2) is 23.3 Å². The van der Waals surface area contributed by atoms with Crippen molar-refractivity contribution >= 4 is 17.6 Å². The van der Waals surface area contributed by atoms with Crippen LogP contribution < -0.4 is 4.74 Å². The van der Waals surface area contributed by atoms with E-state index in [-0.39, 0.29) is 17.9 Å². The Kier molecular flexibility index (Phi) is 4.01. The number of rotatable bonds is 4. The van der Waals surface area contributed by atoms with Crippen molar-refractivity contribution in [3.8, 4) is 11.5 Å². The van der Waals surface area contributed by atoms with Crippen LogP contribution in [0, 0.1) is 5.92 Å². The van der Waals surface area contributed by atoms with Crippen LogP contribution in [-0.2, 0) is 11.2 Å². The molecule has 0 fully saturated rings. The number of carboxylic acids is 1. The van der Waals surface area contributed by atoms with Gasteiger partial charge in [0.05, 0.1) is 13.0 Å². The lowest BCUT2D eigenvalue weighted by molar-refractivity contribution is -0.141. The van der Waals surface area contributed by atoms with Gasteiger partial charge in [-0.25, -0.2) is 0 Å². The van der Waals surface area contributed by atoms with Gasteiger partial charge in [-0.3, -0.25) is 4.79 Å². The highest BCUT2D eigenvalue weighted by molar-refractivity contribution is 6.30. The van der Waals surface area contributed by atoms with E-state index in [0.29, 0.717) is 10.6 Å². The number of phenols is 1. The van der Waals surface area contributed by atoms with Crippen molar-refractivity contribution in [3.05, 3.63) is 22.7 Å². The van der Waals surface area contributed by atoms with Crippen molar-refractivity contribution in [1.29, 1.82) is 0 Å². The molecule has 0 aliphatic heterocycles. The zero-order valence-corrected chi connectivity index (χ0v) is 9.78. The Morgan fingerprint density at radius 1 is 1.56 bits per heavy atom. The highest BCUT2D eigenvalue weighted by Crippen LogP contribution is 2.34. The third-order valence-corrected chi connectivity index (χ3v) is 2.50. The van der Waals surface area contributed by atoms with E-state index in [1.165, 1.54) is 13.2 Å². The van der Waals surface area contributed by atoms with E-state index >= 15 is 0 Å². The van der Waals surface area contributed by atoms with Crippen LogP contribution >= 0.6 is 11.6 Å². The van der Waals surface area contributed by atoms with Gasteiger partial charge in [-0.15, -0.1) is 0 Å². The molecule has 88 valence electrons. The number of halogens is 1. The lowest BCUT2D eigenvalue weighted by atomic mass is 10.0. The normalized spacial score (nSPS) is 12.2. The first kappa shape index (κ1) is 12.6. The molecule has 1 rings (SSSR count). The zero-order chi connectivity index (χ0) is 12.3. The third kappa shape index (κ3) is 2.79. The van der Waals surface area contributed by atoms with Crippen molar-refractivity contribution in [2.75, 3.05) is 7.11 Å². The van der Waals surface area contributed by atoms with Crippen molar-refractivity contribution in [1.82, 2.24) is 0 Å². The van der Waals surface area contributed by atoms with Crippen LogP contribution in [0.4, 0.5) is 0 Å². The number of hydrogen-bond acceptors (Lipinski definition) is 3. The average Bonchev–Trinajstić information content (AvgIpc) is 2.22. The summed E-state index contributed by atoms with van der Waals surface area (Å²) >= 11 is 5.83. The van der Waals surface area contributed by atoms with E-state index in [9.17, 15) is 9.90 Å². The van der Waals surface area contributed by atoms with E-state index < -0.39 is 11.9 Å². The second-order valence-corrected chi connectivity index (χ2v) is 4.00. The predicted molar refractivity (Wildman–Crippen MR) is 60.2 cm³/mol. The summed E-state index contributed by atoms with van der Waals surface area (Å²) in [6, 6.07) is 3.02. The van der Waals surface area contributed by atoms with Crippen LogP contribution in [0.15, 0.2) is 12.1 Å². The van der Waals surface area contributed by atoms with E-state index in [2.05, 4.69) is 0 Å². The number of hydrogen-bond donors (Lipinski definition) is 2. The monoisotopic (exact) mass is 244 g/mol. The summed E-state index contributed by atoms with van der Waals surface area (Å²) in [6.07, 6.45) is 0.206. The van der Waals surface area contributed by atoms with Gasteiger partial charge in [0.15, 0.2) is 11.5 Å². The van der Waals surface area contributed by atoms with Gasteiger partial charge in [-0.2, -0.15) is 0 Å². The van der Waals surface area contributed by atoms with Crippen molar-refractivity contribution in [2.45, 2.75) is 13.3 Å². The van der Waals surface area contributed by atoms with Crippen molar-refractivity contribution in [2.24, 2.45) is 5.92 Å². The van der Waals surface area contributed by atoms with Gasteiger partial charge in [0.1, 0.15) is 0 Å². The lowest BCUT2D eigenvalue weighted by Gasteiger charge is -2.11. The predicted octanol–water partition coefficient (Wildman–Crippen LogP) is 2.32. The summed E-state index contributed by atoms with van der Waals surface area (Å²) < 4.78 is 4.93. The molecule has 0 spiro atoms. The van der Waals surface area contributed by atoms with Gasteiger partial charge in [-0.1, -0.05) is 18.5 Å². The number of benzene rings is 1. The van der Waals surface area contributed by atoms with Crippen LogP contribution in [0.2, 0.25) is 5.02 Å². The maximum Gasteiger partial charge on any atom is 0.306 e. The van der Waals surface area contributed by atoms with Gasteiger partial charge < -0.3 is 14.9 Å². The number of carbonyl (C=O) groups is 1. The van der Waals surface area contributed by atoms with Crippen LogP contribution in [0.5, 0.6) is 11.5 Å². The van der Waals surface area contributed by atoms with E-state index in [1.54, 1.807) is 13.0 Å². The summed E-state index contributed by atoms with van der Waals surface area (Å²) in [5.41, 5.74) is 0.472. The molecule has 0 amide bonds. The van der Waals surface area contributed by atoms with Gasteiger partial charge in [-0.05, 0) is 12.5 Å². The maximum atomic E-state index is 10.7. The van der Waals surface area contributed by atoms with Gasteiger partial charge in [0, 0.05) is 16.7 Å². The summed E-state index contributed by atoms with van der Waals surface area (Å²) in [7, 11) is 1.41. The fraction of sp³-hybridized carbons (Fsp3) is 0.364. The fourth-order valence-corrected chi connectivity index (χ4v) is 1.59. The van der Waals surface area contributed by atoms with E-state index in [0.717, 1.165) is 0 Å². The first-order valence-electron chi connectivity index (χ1n) is 4.74. The van der Waals surface area contributed by atoms with Crippen LogP contribution in [0.3, 0.4) is 0 Å². The Balaban J connectivity index is 3.04. The molecule has 0 bridgehead atoms. The highest BCUT2D eigenvalue weighted by atomic mass is 35.5. The summed E-state index contributed by atoms with van der Waals surface area (Å²) in [5, 5.41) is 19.0. The molecule has 0 aliphatic carbocycles. The topological polar surface area (TPSA) is 66.8 Å². The smallest absolute Gasteiger partial charge is 0.306 e. The molecule has 0 aromatic heterocycles. The Labute approximate surface area is 98.4 Å². The molecule has 5 heteroatoms. The molecule has 1 atom stereocenters. The first-order chi connectivity index (χ1) is 7.45. The maximum absolute atomic E-state index is 10.7. The largest absolute Gasteiger partial charge is 0.504 e. The molecule has 4 nitrogen and oxygen atoms in total. The van der Waals surface area contributed by atoms with Crippen LogP contribution in [0.1, 0.15) is 12.5 Å². The summed E-state index contributed by atoms with van der Waals surface area (Å²) in [5.74, 6) is -1.31. The second kappa shape index (κ2) is 5.07. The molecular formula is C11H13ClO4. The minimum absolute atomic E-state index is 0.0556. The molecule has 0 heterocycles. The number of carboxylic acid groups (broad SMARTS) is 1. The quantitative estimate of drug-likeness (QED) is 0.853. The molecule has 0 radical (unpaired) electrons. The molecule has 16 heavy (non-hydrogen) atoms. The van der Waals surface area contributed by atoms with E-state index in [4.69, 9.17) is 21.4 Å². The molecule has 0 saturated heterocycles. The van der Waals surface area contributed by atoms with Crippen molar-refractivity contribution in [3.63, 3.8) is 0 Å². The molecule has 2 N–H and O–H groups in total. The Morgan fingerprint density at radius 3 is 2.69 bits per heavy atom. The van der Waals surface area contributed by atoms with Gasteiger partial charge in [0.2, 0.25) is 0 Å². The minimum Gasteiger partial charge on any atom is -0.504 e. The Morgan fingerprint density at radius 2 is 2.19 bits per heavy atom. The van der Waals surface area contributed by atoms with Gasteiger partial charge in [0.25, 0.3) is 0 Å². The van der Waals surface area contributed by atoms with Gasteiger partial charge >= 0.3 is 5.97 Å². The van der Waals surface area contributed by atoms with E-state index in [1.807, 2.05) is 0 Å². The average molecular weight is 245 g/mol. The number of aliphatic carboxylic acids is 1. The van der Waals surface area contributed by atoms with Crippen molar-refractivity contribution < 1.29 is 19.7 Å². The molecule has 0 saturated carbocycles. The first-order valence-corrected chi connectivity index (χ1v) is 5.11. The highest BCUT2D eigenvalue weighted by Gasteiger charge is 2.17. The summed E-state index contributed by atoms with van der Waals surface area (Å²) in [4.78, 5) is 10.7. The third-order valence-electron chi connectivity index (χ3n) is 2.29. The molecule has 1 aromatic carbocycles. The lowest BCUT2D eigenvalue weighted by Crippen LogP contribution is -2.12. The molecular weight excluding hydrogens is 232 g/mol. The standard InChI is InChI=1S/C11H13ClO4/c1-6(11(14)15)3-7-4-8(12)5-9(16-2)10(7)13/h4-6,13H,3H2,1-2H3,(H,14,15). The molecule has 1 aromatic rings. The zero-order valence-electron chi connectivity index (χ0n) is 9.03. The number of phenolic OH excluding ortho intramolecular Hbond substituents is 1. The number of ether oxygens (including phenoxy) is 1. The fourth-order valence-electron chi connectivity index (χ4n) is 1.36.